The first-order chi connectivity index (χ1) is 23.8. The molecule has 3 aromatic carbocycles. The SMILES string of the molecule is CCC(CC)C(=O)/C=C(\O)C(CC)CC.Cc1[c-]c(-c2ncnc3c2sc2cc4c(cc23)N(C)B(c2c(C)cc(C)cc2C)N4C)cc(C)c1.[Ir]. The number of thiophene rings is 1. The molecule has 9 heteroatoms. The van der Waals surface area contributed by atoms with Crippen LogP contribution in [0.1, 0.15) is 81.2 Å². The van der Waals surface area contributed by atoms with E-state index < -0.39 is 0 Å². The van der Waals surface area contributed by atoms with Gasteiger partial charge in [0.05, 0.1) is 17.0 Å². The number of aliphatic hydroxyl groups excluding tert-OH is 1. The van der Waals surface area contributed by atoms with Crippen LogP contribution >= 0.6 is 11.3 Å². The van der Waals surface area contributed by atoms with E-state index in [2.05, 4.69) is 106 Å². The average Bonchev–Trinajstić information content (AvgIpc) is 3.54. The first kappa shape index (κ1) is 40.3. The zero-order chi connectivity index (χ0) is 36.4. The Labute approximate surface area is 322 Å². The van der Waals surface area contributed by atoms with Crippen LogP contribution in [0, 0.1) is 52.5 Å². The molecule has 0 atom stereocenters. The van der Waals surface area contributed by atoms with Gasteiger partial charge in [0.15, 0.2) is 5.78 Å². The van der Waals surface area contributed by atoms with Crippen molar-refractivity contribution in [1.29, 1.82) is 0 Å². The Morgan fingerprint density at radius 2 is 1.41 bits per heavy atom. The Morgan fingerprint density at radius 3 is 1.98 bits per heavy atom. The third-order valence-corrected chi connectivity index (χ3v) is 11.5. The van der Waals surface area contributed by atoms with Gasteiger partial charge < -0.3 is 14.7 Å². The molecule has 5 aromatic rings. The van der Waals surface area contributed by atoms with Crippen LogP contribution in [0.5, 0.6) is 0 Å². The fourth-order valence-corrected chi connectivity index (χ4v) is 8.84. The van der Waals surface area contributed by atoms with Gasteiger partial charge in [0, 0.05) is 64.2 Å². The van der Waals surface area contributed by atoms with Gasteiger partial charge in [-0.2, -0.15) is 0 Å². The Kier molecular flexibility index (Phi) is 13.3. The van der Waals surface area contributed by atoms with Crippen LogP contribution in [0.3, 0.4) is 0 Å². The average molecular weight is 880 g/mol. The molecule has 1 aliphatic rings. The molecule has 0 saturated carbocycles. The predicted octanol–water partition coefficient (Wildman–Crippen LogP) is 10.0. The topological polar surface area (TPSA) is 69.6 Å². The smallest absolute Gasteiger partial charge is 0.411 e. The van der Waals surface area contributed by atoms with Crippen LogP contribution in [0.2, 0.25) is 0 Å². The minimum Gasteiger partial charge on any atom is -0.512 e. The summed E-state index contributed by atoms with van der Waals surface area (Å²) >= 11 is 1.78. The van der Waals surface area contributed by atoms with E-state index in [0.29, 0.717) is 0 Å². The number of aryl methyl sites for hydroxylation is 5. The molecule has 0 amide bonds. The number of benzene rings is 3. The Bertz CT molecular complexity index is 2020. The summed E-state index contributed by atoms with van der Waals surface area (Å²) in [5.74, 6) is 0.547. The number of fused-ring (bicyclic) bond motifs is 4. The third kappa shape index (κ3) is 8.11. The molecule has 271 valence electrons. The van der Waals surface area contributed by atoms with Crippen molar-refractivity contribution in [1.82, 2.24) is 9.97 Å². The molecular formula is C42H52BIrN4O2S-. The van der Waals surface area contributed by atoms with Gasteiger partial charge >= 0.3 is 6.98 Å². The maximum absolute atomic E-state index is 11.7. The van der Waals surface area contributed by atoms with Gasteiger partial charge in [-0.1, -0.05) is 70.4 Å². The number of allylic oxidation sites excluding steroid dienone is 2. The molecule has 1 radical (unpaired) electrons. The van der Waals surface area contributed by atoms with Crippen molar-refractivity contribution >= 4 is 61.2 Å². The van der Waals surface area contributed by atoms with Gasteiger partial charge in [0.2, 0.25) is 0 Å². The van der Waals surface area contributed by atoms with Crippen LogP contribution in [-0.4, -0.2) is 41.9 Å². The van der Waals surface area contributed by atoms with Gasteiger partial charge in [-0.05, 0) is 78.1 Å². The summed E-state index contributed by atoms with van der Waals surface area (Å²) in [5.41, 5.74) is 13.2. The number of aliphatic hydroxyl groups is 1. The van der Waals surface area contributed by atoms with Crippen LogP contribution in [0.25, 0.3) is 31.6 Å². The summed E-state index contributed by atoms with van der Waals surface area (Å²) in [5, 5.41) is 10.9. The van der Waals surface area contributed by atoms with E-state index in [-0.39, 0.29) is 50.5 Å². The van der Waals surface area contributed by atoms with Crippen LogP contribution in [0.4, 0.5) is 11.4 Å². The summed E-state index contributed by atoms with van der Waals surface area (Å²) in [7, 11) is 4.41. The molecule has 0 aliphatic carbocycles. The Balaban J connectivity index is 0.000000312. The first-order valence-corrected chi connectivity index (χ1v) is 18.8. The van der Waals surface area contributed by atoms with E-state index in [9.17, 15) is 9.90 Å². The second-order valence-corrected chi connectivity index (χ2v) is 15.1. The molecule has 6 nitrogen and oxygen atoms in total. The Hall–Kier alpha value is -3.52. The molecule has 0 unspecified atom stereocenters. The molecule has 51 heavy (non-hydrogen) atoms. The molecule has 0 spiro atoms. The van der Waals surface area contributed by atoms with Crippen molar-refractivity contribution in [3.8, 4) is 11.3 Å². The van der Waals surface area contributed by atoms with E-state index in [4.69, 9.17) is 4.98 Å². The van der Waals surface area contributed by atoms with Gasteiger partial charge in [-0.15, -0.1) is 46.2 Å². The van der Waals surface area contributed by atoms with Gasteiger partial charge in [0.25, 0.3) is 0 Å². The second-order valence-electron chi connectivity index (χ2n) is 14.0. The maximum atomic E-state index is 11.7. The van der Waals surface area contributed by atoms with Crippen molar-refractivity contribution in [2.75, 3.05) is 23.7 Å². The number of nitrogens with zero attached hydrogens (tertiary/aromatic N) is 4. The van der Waals surface area contributed by atoms with E-state index in [1.807, 2.05) is 27.7 Å². The summed E-state index contributed by atoms with van der Waals surface area (Å²) in [6.45, 7) is 19.1. The summed E-state index contributed by atoms with van der Waals surface area (Å²) in [6.07, 6.45) is 6.60. The van der Waals surface area contributed by atoms with Gasteiger partial charge in [0.1, 0.15) is 6.33 Å². The molecule has 6 rings (SSSR count). The number of rotatable bonds is 9. The van der Waals surface area contributed by atoms with Crippen molar-refractivity contribution < 1.29 is 30.0 Å². The number of anilines is 2. The zero-order valence-electron chi connectivity index (χ0n) is 32.1. The fourth-order valence-electron chi connectivity index (χ4n) is 7.67. The minimum atomic E-state index is 0. The predicted molar refractivity (Wildman–Crippen MR) is 215 cm³/mol. The van der Waals surface area contributed by atoms with Crippen LogP contribution in [0.15, 0.2) is 54.6 Å². The maximum Gasteiger partial charge on any atom is 0.411 e. The first-order valence-electron chi connectivity index (χ1n) is 18.0. The van der Waals surface area contributed by atoms with Crippen LogP contribution in [-0.2, 0) is 24.9 Å². The molecule has 3 heterocycles. The number of aromatic nitrogens is 2. The molecule has 2 aromatic heterocycles. The zero-order valence-corrected chi connectivity index (χ0v) is 35.3. The summed E-state index contributed by atoms with van der Waals surface area (Å²) in [4.78, 5) is 26.0. The summed E-state index contributed by atoms with van der Waals surface area (Å²) in [6, 6.07) is 17.1. The van der Waals surface area contributed by atoms with Gasteiger partial charge in [-0.25, -0.2) is 4.98 Å². The molecule has 0 bridgehead atoms. The molecule has 0 saturated heterocycles. The second kappa shape index (κ2) is 16.9. The number of hydrogen-bond donors (Lipinski definition) is 1. The normalized spacial score (nSPS) is 12.9. The fraction of sp³-hybridized carbons (Fsp3) is 0.405. The van der Waals surface area contributed by atoms with Crippen LogP contribution < -0.4 is 15.1 Å². The van der Waals surface area contributed by atoms with Crippen molar-refractivity contribution in [2.24, 2.45) is 11.8 Å². The quantitative estimate of drug-likeness (QED) is 0.0689. The summed E-state index contributed by atoms with van der Waals surface area (Å²) < 4.78 is 2.36. The number of ketones is 1. The van der Waals surface area contributed by atoms with Gasteiger partial charge in [-0.3, -0.25) is 9.78 Å². The number of carbonyl (C=O) groups excluding carboxylic acids is 1. The largest absolute Gasteiger partial charge is 0.512 e. The van der Waals surface area contributed by atoms with Crippen molar-refractivity contribution in [3.05, 3.63) is 88.4 Å². The molecule has 1 N–H and O–H groups in total. The number of carbonyl (C=O) groups is 1. The Morgan fingerprint density at radius 1 is 0.843 bits per heavy atom. The standard InChI is InChI=1S/C29H28BN4S.C13H24O2.Ir/c1-16-8-17(2)12-21(11-16)27-29-28(32-15-31-27)22-13-23-24(14-25(22)35-29)34(7)30(33(23)6)26-19(4)9-18(3)10-20(26)5;1-5-10(6-2)12(14)9-13(15)11(7-3)8-4;/h8-11,13-15H,1-7H3;9-11,14H,5-8H2,1-4H3;/q-1;;/b;12-9-;. The molecule has 1 aliphatic heterocycles. The third-order valence-electron chi connectivity index (χ3n) is 10.3. The van der Waals surface area contributed by atoms with E-state index in [1.54, 1.807) is 17.7 Å². The molecule has 0 fully saturated rings. The van der Waals surface area contributed by atoms with Crippen molar-refractivity contribution in [3.63, 3.8) is 0 Å². The van der Waals surface area contributed by atoms with E-state index in [1.165, 1.54) is 55.3 Å². The number of hydrogen-bond acceptors (Lipinski definition) is 7. The van der Waals surface area contributed by atoms with Crippen molar-refractivity contribution in [2.45, 2.75) is 88.0 Å². The molecular weight excluding hydrogens is 828 g/mol. The minimum absolute atomic E-state index is 0. The van der Waals surface area contributed by atoms with E-state index in [0.717, 1.165) is 52.7 Å². The monoisotopic (exact) mass is 880 g/mol. The van der Waals surface area contributed by atoms with E-state index >= 15 is 0 Å².